The van der Waals surface area contributed by atoms with Crippen molar-refractivity contribution in [3.05, 3.63) is 32.5 Å². The van der Waals surface area contributed by atoms with Crippen molar-refractivity contribution in [3.63, 3.8) is 0 Å². The van der Waals surface area contributed by atoms with Crippen LogP contribution in [0.1, 0.15) is 25.7 Å². The zero-order valence-corrected chi connectivity index (χ0v) is 12.6. The van der Waals surface area contributed by atoms with Gasteiger partial charge in [-0.05, 0) is 41.6 Å². The fourth-order valence-corrected chi connectivity index (χ4v) is 2.84. The van der Waals surface area contributed by atoms with E-state index in [1.54, 1.807) is 0 Å². The average molecular weight is 361 g/mol. The molecule has 1 aromatic rings. The molecular weight excluding hydrogens is 347 g/mol. The smallest absolute Gasteiger partial charge is 0.306 e. The van der Waals surface area contributed by atoms with Crippen molar-refractivity contribution < 1.29 is 19.2 Å². The number of hydrogen-bond acceptors (Lipinski definition) is 4. The van der Waals surface area contributed by atoms with Crippen molar-refractivity contribution >= 4 is 33.3 Å². The minimum absolute atomic E-state index is 0.0364. The summed E-state index contributed by atoms with van der Waals surface area (Å²) in [5.74, 6) is -1.75. The summed E-state index contributed by atoms with van der Waals surface area (Å²) in [4.78, 5) is 21.3. The lowest BCUT2D eigenvalue weighted by molar-refractivity contribution is -0.384. The summed E-state index contributed by atoms with van der Waals surface area (Å²) in [5.41, 5.74) is -0.0805. The maximum Gasteiger partial charge on any atom is 0.306 e. The van der Waals surface area contributed by atoms with Crippen LogP contribution in [0.25, 0.3) is 0 Å². The van der Waals surface area contributed by atoms with Crippen LogP contribution in [0.2, 0.25) is 0 Å². The third kappa shape index (κ3) is 3.69. The van der Waals surface area contributed by atoms with E-state index >= 15 is 0 Å². The van der Waals surface area contributed by atoms with Gasteiger partial charge >= 0.3 is 5.97 Å². The molecule has 0 bridgehead atoms. The highest BCUT2D eigenvalue weighted by atomic mass is 79.9. The van der Waals surface area contributed by atoms with Gasteiger partial charge in [0.25, 0.3) is 5.69 Å². The van der Waals surface area contributed by atoms with Crippen molar-refractivity contribution in [2.75, 3.05) is 5.32 Å². The molecule has 8 heteroatoms. The van der Waals surface area contributed by atoms with E-state index in [0.29, 0.717) is 25.7 Å². The van der Waals surface area contributed by atoms with Crippen molar-refractivity contribution in [1.82, 2.24) is 0 Å². The van der Waals surface area contributed by atoms with Gasteiger partial charge in [0.15, 0.2) is 0 Å². The van der Waals surface area contributed by atoms with Crippen molar-refractivity contribution in [2.45, 2.75) is 31.7 Å². The van der Waals surface area contributed by atoms with Crippen molar-refractivity contribution in [3.8, 4) is 0 Å². The van der Waals surface area contributed by atoms with Gasteiger partial charge in [0.2, 0.25) is 0 Å². The molecule has 1 saturated carbocycles. The van der Waals surface area contributed by atoms with Gasteiger partial charge in [-0.3, -0.25) is 14.9 Å². The maximum absolute atomic E-state index is 13.6. The molecule has 0 heterocycles. The van der Waals surface area contributed by atoms with E-state index in [-0.39, 0.29) is 27.8 Å². The molecule has 0 radical (unpaired) electrons. The summed E-state index contributed by atoms with van der Waals surface area (Å²) in [5, 5.41) is 22.9. The molecule has 0 spiro atoms. The Balaban J connectivity index is 2.11. The van der Waals surface area contributed by atoms with Gasteiger partial charge < -0.3 is 10.4 Å². The summed E-state index contributed by atoms with van der Waals surface area (Å²) in [6.45, 7) is 0. The third-order valence-corrected chi connectivity index (χ3v) is 4.28. The van der Waals surface area contributed by atoms with E-state index in [1.807, 2.05) is 0 Å². The lowest BCUT2D eigenvalue weighted by atomic mass is 9.86. The minimum Gasteiger partial charge on any atom is -0.481 e. The first-order valence-corrected chi connectivity index (χ1v) is 7.30. The van der Waals surface area contributed by atoms with Crippen LogP contribution in [0.15, 0.2) is 16.6 Å². The lowest BCUT2D eigenvalue weighted by Gasteiger charge is -2.27. The first kappa shape index (κ1) is 15.7. The Labute approximate surface area is 128 Å². The zero-order chi connectivity index (χ0) is 15.6. The molecule has 0 amide bonds. The molecule has 0 aromatic heterocycles. The summed E-state index contributed by atoms with van der Waals surface area (Å²) < 4.78 is 13.6. The number of nitro groups is 1. The normalized spacial score (nSPS) is 21.8. The van der Waals surface area contributed by atoms with Gasteiger partial charge in [0.05, 0.1) is 15.3 Å². The number of halogens is 2. The highest BCUT2D eigenvalue weighted by Gasteiger charge is 2.27. The molecule has 114 valence electrons. The number of carbonyl (C=O) groups is 1. The minimum atomic E-state index is -0.811. The fourth-order valence-electron chi connectivity index (χ4n) is 2.51. The van der Waals surface area contributed by atoms with E-state index < -0.39 is 16.7 Å². The predicted molar refractivity (Wildman–Crippen MR) is 77.8 cm³/mol. The zero-order valence-electron chi connectivity index (χ0n) is 11.0. The Morgan fingerprint density at radius 2 is 2.00 bits per heavy atom. The monoisotopic (exact) mass is 360 g/mol. The van der Waals surface area contributed by atoms with Crippen LogP contribution in [0.3, 0.4) is 0 Å². The molecule has 2 rings (SSSR count). The number of rotatable bonds is 4. The number of carboxylic acid groups (broad SMARTS) is 1. The van der Waals surface area contributed by atoms with Crippen molar-refractivity contribution in [2.24, 2.45) is 5.92 Å². The van der Waals surface area contributed by atoms with Crippen LogP contribution in [-0.4, -0.2) is 22.0 Å². The highest BCUT2D eigenvalue weighted by Crippen LogP contribution is 2.33. The van der Waals surface area contributed by atoms with Crippen LogP contribution < -0.4 is 5.32 Å². The van der Waals surface area contributed by atoms with E-state index in [2.05, 4.69) is 21.2 Å². The van der Waals surface area contributed by atoms with Gasteiger partial charge in [-0.1, -0.05) is 0 Å². The van der Waals surface area contributed by atoms with Crippen LogP contribution in [0.5, 0.6) is 0 Å². The molecule has 0 atom stereocenters. The summed E-state index contributed by atoms with van der Waals surface area (Å²) in [6, 6.07) is 2.13. The largest absolute Gasteiger partial charge is 0.481 e. The standard InChI is InChI=1S/C13H14BrFN2O4/c14-9-5-12(17(20)21)11(6-10(9)15)16-8-3-1-7(2-4-8)13(18)19/h5-8,16H,1-4H2,(H,18,19). The maximum atomic E-state index is 13.6. The van der Waals surface area contributed by atoms with E-state index in [9.17, 15) is 19.3 Å². The van der Waals surface area contributed by atoms with Crippen LogP contribution >= 0.6 is 15.9 Å². The molecule has 1 aromatic carbocycles. The first-order chi connectivity index (χ1) is 9.88. The highest BCUT2D eigenvalue weighted by molar-refractivity contribution is 9.10. The first-order valence-electron chi connectivity index (χ1n) is 6.51. The number of nitro benzene ring substituents is 1. The molecule has 1 aliphatic rings. The molecule has 1 aliphatic carbocycles. The van der Waals surface area contributed by atoms with Gasteiger partial charge in [0.1, 0.15) is 11.5 Å². The number of aliphatic carboxylic acids is 1. The Kier molecular flexibility index (Phi) is 4.76. The molecule has 6 nitrogen and oxygen atoms in total. The third-order valence-electron chi connectivity index (χ3n) is 3.67. The number of benzene rings is 1. The number of carboxylic acids is 1. The molecule has 0 saturated heterocycles. The predicted octanol–water partition coefficient (Wildman–Crippen LogP) is 3.55. The molecular formula is C13H14BrFN2O4. The second-order valence-corrected chi connectivity index (χ2v) is 5.93. The Bertz CT molecular complexity index is 574. The van der Waals surface area contributed by atoms with Crippen molar-refractivity contribution in [1.29, 1.82) is 0 Å². The summed E-state index contributed by atoms with van der Waals surface area (Å²) in [6.07, 6.45) is 2.21. The fraction of sp³-hybridized carbons (Fsp3) is 0.462. The number of nitrogens with one attached hydrogen (secondary N) is 1. The molecule has 0 unspecified atom stereocenters. The van der Waals surface area contributed by atoms with Crippen LogP contribution in [0, 0.1) is 21.8 Å². The second-order valence-electron chi connectivity index (χ2n) is 5.07. The summed E-state index contributed by atoms with van der Waals surface area (Å²) in [7, 11) is 0. The Morgan fingerprint density at radius 3 is 2.52 bits per heavy atom. The van der Waals surface area contributed by atoms with E-state index in [0.717, 1.165) is 12.1 Å². The number of anilines is 1. The van der Waals surface area contributed by atoms with Gasteiger partial charge in [-0.25, -0.2) is 4.39 Å². The van der Waals surface area contributed by atoms with Crippen LogP contribution in [-0.2, 0) is 4.79 Å². The Morgan fingerprint density at radius 1 is 1.38 bits per heavy atom. The lowest BCUT2D eigenvalue weighted by Crippen LogP contribution is -2.29. The number of nitrogens with zero attached hydrogens (tertiary/aromatic N) is 1. The Hall–Kier alpha value is -1.70. The molecule has 21 heavy (non-hydrogen) atoms. The van der Waals surface area contributed by atoms with Gasteiger partial charge in [-0.2, -0.15) is 0 Å². The van der Waals surface area contributed by atoms with E-state index in [1.165, 1.54) is 0 Å². The topological polar surface area (TPSA) is 92.5 Å². The van der Waals surface area contributed by atoms with Gasteiger partial charge in [-0.15, -0.1) is 0 Å². The van der Waals surface area contributed by atoms with Gasteiger partial charge in [0, 0.05) is 18.2 Å². The summed E-state index contributed by atoms with van der Waals surface area (Å²) >= 11 is 2.93. The quantitative estimate of drug-likeness (QED) is 0.632. The second kappa shape index (κ2) is 6.38. The van der Waals surface area contributed by atoms with Crippen LogP contribution in [0.4, 0.5) is 15.8 Å². The molecule has 0 aliphatic heterocycles. The average Bonchev–Trinajstić information content (AvgIpc) is 2.43. The molecule has 1 fully saturated rings. The SMILES string of the molecule is O=C(O)C1CCC(Nc2cc(F)c(Br)cc2[N+](=O)[O-])CC1. The molecule has 2 N–H and O–H groups in total. The van der Waals surface area contributed by atoms with E-state index in [4.69, 9.17) is 5.11 Å². The number of hydrogen-bond donors (Lipinski definition) is 2.